The number of nitrogens with zero attached hydrogens (tertiary/aromatic N) is 1. The van der Waals surface area contributed by atoms with Crippen LogP contribution in [0.1, 0.15) is 29.2 Å². The average Bonchev–Trinajstić information content (AvgIpc) is 2.75. The normalized spacial score (nSPS) is 15.7. The van der Waals surface area contributed by atoms with Crippen LogP contribution < -0.4 is 14.8 Å². The van der Waals surface area contributed by atoms with E-state index in [-0.39, 0.29) is 6.04 Å². The van der Waals surface area contributed by atoms with Gasteiger partial charge < -0.3 is 19.7 Å². The number of fused-ring (bicyclic) bond motifs is 1. The molecule has 0 amide bonds. The molecule has 1 N–H and O–H groups in total. The minimum Gasteiger partial charge on any atom is -0.493 e. The van der Waals surface area contributed by atoms with Gasteiger partial charge in [0.15, 0.2) is 16.6 Å². The van der Waals surface area contributed by atoms with E-state index in [1.807, 2.05) is 17.8 Å². The van der Waals surface area contributed by atoms with Crippen molar-refractivity contribution < 1.29 is 9.47 Å². The van der Waals surface area contributed by atoms with E-state index in [1.165, 1.54) is 16.7 Å². The van der Waals surface area contributed by atoms with E-state index in [2.05, 4.69) is 52.9 Å². The van der Waals surface area contributed by atoms with E-state index in [1.54, 1.807) is 14.2 Å². The molecule has 6 heteroatoms. The molecule has 1 atom stereocenters. The van der Waals surface area contributed by atoms with Gasteiger partial charge in [0.1, 0.15) is 0 Å². The third-order valence-corrected chi connectivity index (χ3v) is 6.13. The van der Waals surface area contributed by atoms with E-state index >= 15 is 0 Å². The van der Waals surface area contributed by atoms with Crippen LogP contribution in [0.15, 0.2) is 42.5 Å². The zero-order valence-electron chi connectivity index (χ0n) is 16.7. The lowest BCUT2D eigenvalue weighted by Gasteiger charge is -2.39. The monoisotopic (exact) mass is 416 g/mol. The van der Waals surface area contributed by atoms with Crippen LogP contribution in [-0.4, -0.2) is 49.3 Å². The smallest absolute Gasteiger partial charge is 0.169 e. The highest BCUT2D eigenvalue weighted by atomic mass is 32.2. The Bertz CT molecular complexity index is 799. The third kappa shape index (κ3) is 4.55. The molecule has 4 nitrogen and oxygen atoms in total. The second kappa shape index (κ2) is 10.0. The fourth-order valence-corrected chi connectivity index (χ4v) is 4.40. The quantitative estimate of drug-likeness (QED) is 0.536. The van der Waals surface area contributed by atoms with Crippen LogP contribution in [0.3, 0.4) is 0 Å². The predicted molar refractivity (Wildman–Crippen MR) is 122 cm³/mol. The highest BCUT2D eigenvalue weighted by molar-refractivity contribution is 7.98. The number of thioether (sulfide) groups is 1. The summed E-state index contributed by atoms with van der Waals surface area (Å²) < 4.78 is 11.1. The zero-order chi connectivity index (χ0) is 19.9. The summed E-state index contributed by atoms with van der Waals surface area (Å²) in [5, 5.41) is 4.27. The lowest BCUT2D eigenvalue weighted by molar-refractivity contribution is 0.324. The standard InChI is InChI=1S/C22H28N2O2S2/c1-25-19-14-17-10-12-24(22(27)23-11-7-13-28-3)21(16-8-5-4-6-9-16)18(17)15-20(19)26-2/h4-6,8-9,14-15,21H,7,10-13H2,1-3H3,(H,23,27). The minimum atomic E-state index is 0.0605. The number of thiocarbonyl (C=S) groups is 1. The molecular formula is C22H28N2O2S2. The first kappa shape index (κ1) is 20.8. The molecule has 0 spiro atoms. The van der Waals surface area contributed by atoms with Gasteiger partial charge in [-0.15, -0.1) is 0 Å². The lowest BCUT2D eigenvalue weighted by atomic mass is 9.88. The second-order valence-electron chi connectivity index (χ2n) is 6.74. The summed E-state index contributed by atoms with van der Waals surface area (Å²) in [5.41, 5.74) is 3.74. The van der Waals surface area contributed by atoms with E-state index in [9.17, 15) is 0 Å². The number of methoxy groups -OCH3 is 2. The number of nitrogens with one attached hydrogen (secondary N) is 1. The summed E-state index contributed by atoms with van der Waals surface area (Å²) in [6.45, 7) is 1.77. The highest BCUT2D eigenvalue weighted by Gasteiger charge is 2.31. The summed E-state index contributed by atoms with van der Waals surface area (Å²) in [6, 6.07) is 14.8. The highest BCUT2D eigenvalue weighted by Crippen LogP contribution is 2.40. The third-order valence-electron chi connectivity index (χ3n) is 5.05. The molecule has 0 saturated heterocycles. The van der Waals surface area contributed by atoms with Gasteiger partial charge in [-0.05, 0) is 65.9 Å². The van der Waals surface area contributed by atoms with Gasteiger partial charge in [-0.2, -0.15) is 11.8 Å². The van der Waals surface area contributed by atoms with Gasteiger partial charge in [0.05, 0.1) is 20.3 Å². The maximum atomic E-state index is 5.79. The van der Waals surface area contributed by atoms with E-state index in [0.29, 0.717) is 0 Å². The Kier molecular flexibility index (Phi) is 7.45. The van der Waals surface area contributed by atoms with Gasteiger partial charge in [0.25, 0.3) is 0 Å². The minimum absolute atomic E-state index is 0.0605. The Morgan fingerprint density at radius 1 is 1.18 bits per heavy atom. The van der Waals surface area contributed by atoms with Crippen molar-refractivity contribution in [1.82, 2.24) is 10.2 Å². The van der Waals surface area contributed by atoms with Gasteiger partial charge in [-0.1, -0.05) is 30.3 Å². The molecule has 3 rings (SSSR count). The summed E-state index contributed by atoms with van der Waals surface area (Å²) in [4.78, 5) is 2.30. The van der Waals surface area contributed by atoms with E-state index < -0.39 is 0 Å². The predicted octanol–water partition coefficient (Wildman–Crippen LogP) is 4.28. The largest absolute Gasteiger partial charge is 0.493 e. The maximum absolute atomic E-state index is 5.79. The maximum Gasteiger partial charge on any atom is 0.169 e. The number of hydrogen-bond donors (Lipinski definition) is 1. The Balaban J connectivity index is 1.95. The SMILES string of the molecule is COc1cc2c(cc1OC)C(c1ccccc1)N(C(=S)NCCCSC)CC2. The fourth-order valence-electron chi connectivity index (χ4n) is 3.67. The molecule has 2 aromatic rings. The van der Waals surface area contributed by atoms with Crippen LogP contribution >= 0.6 is 24.0 Å². The molecule has 0 fully saturated rings. The molecule has 1 heterocycles. The van der Waals surface area contributed by atoms with Crippen LogP contribution in [0.4, 0.5) is 0 Å². The van der Waals surface area contributed by atoms with Gasteiger partial charge >= 0.3 is 0 Å². The summed E-state index contributed by atoms with van der Waals surface area (Å²) >= 11 is 7.65. The van der Waals surface area contributed by atoms with Crippen molar-refractivity contribution in [3.63, 3.8) is 0 Å². The number of benzene rings is 2. The van der Waals surface area contributed by atoms with Crippen molar-refractivity contribution in [3.05, 3.63) is 59.2 Å². The van der Waals surface area contributed by atoms with Crippen molar-refractivity contribution in [2.75, 3.05) is 39.3 Å². The van der Waals surface area contributed by atoms with Crippen molar-refractivity contribution >= 4 is 29.1 Å². The number of ether oxygens (including phenoxy) is 2. The first-order valence-electron chi connectivity index (χ1n) is 9.52. The van der Waals surface area contributed by atoms with Crippen molar-refractivity contribution in [2.24, 2.45) is 0 Å². The van der Waals surface area contributed by atoms with Crippen LogP contribution in [-0.2, 0) is 6.42 Å². The van der Waals surface area contributed by atoms with E-state index in [0.717, 1.165) is 48.3 Å². The van der Waals surface area contributed by atoms with Crippen LogP contribution in [0.5, 0.6) is 11.5 Å². The van der Waals surface area contributed by atoms with Crippen LogP contribution in [0.2, 0.25) is 0 Å². The molecule has 0 aromatic heterocycles. The topological polar surface area (TPSA) is 33.7 Å². The Hall–Kier alpha value is -1.92. The molecule has 1 unspecified atom stereocenters. The molecule has 0 radical (unpaired) electrons. The Morgan fingerprint density at radius 2 is 1.89 bits per heavy atom. The van der Waals surface area contributed by atoms with E-state index in [4.69, 9.17) is 21.7 Å². The van der Waals surface area contributed by atoms with Gasteiger partial charge in [-0.25, -0.2) is 0 Å². The first-order valence-corrected chi connectivity index (χ1v) is 11.3. The number of hydrogen-bond acceptors (Lipinski definition) is 4. The molecule has 1 aliphatic rings. The Labute approximate surface area is 177 Å². The molecule has 2 aromatic carbocycles. The molecule has 28 heavy (non-hydrogen) atoms. The molecular weight excluding hydrogens is 388 g/mol. The summed E-state index contributed by atoms with van der Waals surface area (Å²) in [7, 11) is 3.36. The van der Waals surface area contributed by atoms with Gasteiger partial charge in [0, 0.05) is 13.1 Å². The molecule has 0 aliphatic carbocycles. The summed E-state index contributed by atoms with van der Waals surface area (Å²) in [6.07, 6.45) is 4.16. The van der Waals surface area contributed by atoms with Crippen LogP contribution in [0.25, 0.3) is 0 Å². The average molecular weight is 417 g/mol. The Morgan fingerprint density at radius 3 is 2.57 bits per heavy atom. The molecule has 150 valence electrons. The second-order valence-corrected chi connectivity index (χ2v) is 8.11. The first-order chi connectivity index (χ1) is 13.7. The molecule has 0 saturated carbocycles. The van der Waals surface area contributed by atoms with Crippen molar-refractivity contribution in [2.45, 2.75) is 18.9 Å². The molecule has 0 bridgehead atoms. The molecule has 1 aliphatic heterocycles. The fraction of sp³-hybridized carbons (Fsp3) is 0.409. The number of rotatable bonds is 7. The lowest BCUT2D eigenvalue weighted by Crippen LogP contribution is -2.46. The zero-order valence-corrected chi connectivity index (χ0v) is 18.4. The van der Waals surface area contributed by atoms with Crippen LogP contribution in [0, 0.1) is 0 Å². The van der Waals surface area contributed by atoms with Gasteiger partial charge in [0.2, 0.25) is 0 Å². The van der Waals surface area contributed by atoms with Gasteiger partial charge in [-0.3, -0.25) is 0 Å². The van der Waals surface area contributed by atoms with Crippen molar-refractivity contribution in [1.29, 1.82) is 0 Å². The van der Waals surface area contributed by atoms with Crippen molar-refractivity contribution in [3.8, 4) is 11.5 Å². The summed E-state index contributed by atoms with van der Waals surface area (Å²) in [5.74, 6) is 2.67.